The van der Waals surface area contributed by atoms with Crippen molar-refractivity contribution in [2.75, 3.05) is 6.54 Å². The first-order valence-corrected chi connectivity index (χ1v) is 7.57. The van der Waals surface area contributed by atoms with Gasteiger partial charge in [0.2, 0.25) is 0 Å². The van der Waals surface area contributed by atoms with Gasteiger partial charge in [-0.05, 0) is 35.7 Å². The fourth-order valence-corrected chi connectivity index (χ4v) is 3.14. The van der Waals surface area contributed by atoms with Crippen molar-refractivity contribution in [3.63, 3.8) is 0 Å². The average molecular weight is 277 g/mol. The van der Waals surface area contributed by atoms with E-state index in [0.29, 0.717) is 6.04 Å². The Balaban J connectivity index is 1.67. The molecule has 1 aromatic heterocycles. The molecule has 1 saturated heterocycles. The molecule has 0 saturated carbocycles. The maximum absolute atomic E-state index is 4.57. The standard InChI is InChI=1S/C18H19N3/c1-12-8-16(19-10-12)18-20-11-17(21-18)15-7-6-13-4-2-3-5-14(13)9-15/h2-7,9,11-12,16,19H,8,10H2,1H3,(H,20,21)/t12-,16-/m0/s1. The van der Waals surface area contributed by atoms with E-state index in [1.807, 2.05) is 6.20 Å². The van der Waals surface area contributed by atoms with E-state index in [9.17, 15) is 0 Å². The number of hydrogen-bond donors (Lipinski definition) is 2. The fraction of sp³-hybridized carbons (Fsp3) is 0.278. The van der Waals surface area contributed by atoms with E-state index in [4.69, 9.17) is 0 Å². The van der Waals surface area contributed by atoms with Crippen molar-refractivity contribution in [1.82, 2.24) is 15.3 Å². The summed E-state index contributed by atoms with van der Waals surface area (Å²) in [5.74, 6) is 1.78. The minimum Gasteiger partial charge on any atom is -0.341 e. The van der Waals surface area contributed by atoms with Crippen LogP contribution in [0.2, 0.25) is 0 Å². The molecule has 1 aliphatic heterocycles. The van der Waals surface area contributed by atoms with Crippen molar-refractivity contribution >= 4 is 10.8 Å². The Bertz CT molecular complexity index is 775. The van der Waals surface area contributed by atoms with Crippen molar-refractivity contribution in [3.05, 3.63) is 54.5 Å². The molecule has 0 aliphatic carbocycles. The molecule has 1 fully saturated rings. The largest absolute Gasteiger partial charge is 0.341 e. The lowest BCUT2D eigenvalue weighted by molar-refractivity contribution is 0.588. The molecule has 2 heterocycles. The van der Waals surface area contributed by atoms with Gasteiger partial charge < -0.3 is 10.3 Å². The van der Waals surface area contributed by atoms with Gasteiger partial charge in [0.1, 0.15) is 5.82 Å². The molecule has 21 heavy (non-hydrogen) atoms. The van der Waals surface area contributed by atoms with Crippen LogP contribution in [-0.4, -0.2) is 16.5 Å². The molecule has 4 rings (SSSR count). The molecule has 3 aromatic rings. The second-order valence-electron chi connectivity index (χ2n) is 6.05. The van der Waals surface area contributed by atoms with Gasteiger partial charge in [0.25, 0.3) is 0 Å². The average Bonchev–Trinajstić information content (AvgIpc) is 3.15. The van der Waals surface area contributed by atoms with Gasteiger partial charge in [-0.15, -0.1) is 0 Å². The topological polar surface area (TPSA) is 40.7 Å². The highest BCUT2D eigenvalue weighted by Crippen LogP contribution is 2.28. The lowest BCUT2D eigenvalue weighted by Crippen LogP contribution is -2.14. The quantitative estimate of drug-likeness (QED) is 0.746. The maximum atomic E-state index is 4.57. The molecular formula is C18H19N3. The Morgan fingerprint density at radius 3 is 2.76 bits per heavy atom. The molecule has 3 nitrogen and oxygen atoms in total. The van der Waals surface area contributed by atoms with Crippen LogP contribution in [0.25, 0.3) is 22.0 Å². The first-order chi connectivity index (χ1) is 10.3. The van der Waals surface area contributed by atoms with Gasteiger partial charge in [-0.3, -0.25) is 0 Å². The van der Waals surface area contributed by atoms with Crippen LogP contribution in [0.1, 0.15) is 25.2 Å². The summed E-state index contributed by atoms with van der Waals surface area (Å²) in [7, 11) is 0. The van der Waals surface area contributed by atoms with Crippen molar-refractivity contribution < 1.29 is 0 Å². The summed E-state index contributed by atoms with van der Waals surface area (Å²) >= 11 is 0. The number of nitrogens with one attached hydrogen (secondary N) is 2. The Morgan fingerprint density at radius 2 is 1.95 bits per heavy atom. The second kappa shape index (κ2) is 5.01. The minimum absolute atomic E-state index is 0.370. The summed E-state index contributed by atoms with van der Waals surface area (Å²) < 4.78 is 0. The molecule has 0 radical (unpaired) electrons. The third-order valence-electron chi connectivity index (χ3n) is 4.34. The van der Waals surface area contributed by atoms with Crippen molar-refractivity contribution in [3.8, 4) is 11.3 Å². The zero-order valence-corrected chi connectivity index (χ0v) is 12.1. The number of benzene rings is 2. The van der Waals surface area contributed by atoms with E-state index in [0.717, 1.165) is 30.4 Å². The molecule has 0 unspecified atom stereocenters. The van der Waals surface area contributed by atoms with Crippen LogP contribution in [0.4, 0.5) is 0 Å². The molecule has 0 spiro atoms. The molecule has 2 N–H and O–H groups in total. The molecule has 2 aromatic carbocycles. The summed E-state index contributed by atoms with van der Waals surface area (Å²) in [6.45, 7) is 3.36. The van der Waals surface area contributed by atoms with Gasteiger partial charge in [0.15, 0.2) is 0 Å². The van der Waals surface area contributed by atoms with Crippen LogP contribution >= 0.6 is 0 Å². The molecular weight excluding hydrogens is 258 g/mol. The third-order valence-corrected chi connectivity index (χ3v) is 4.34. The smallest absolute Gasteiger partial charge is 0.123 e. The highest BCUT2D eigenvalue weighted by molar-refractivity contribution is 5.86. The summed E-state index contributed by atoms with van der Waals surface area (Å²) in [5, 5.41) is 6.06. The Kier molecular flexibility index (Phi) is 3.00. The Hall–Kier alpha value is -2.13. The van der Waals surface area contributed by atoms with Gasteiger partial charge in [-0.25, -0.2) is 4.98 Å². The summed E-state index contributed by atoms with van der Waals surface area (Å²) in [6, 6.07) is 15.4. The lowest BCUT2D eigenvalue weighted by Gasteiger charge is -2.06. The van der Waals surface area contributed by atoms with Gasteiger partial charge in [-0.2, -0.15) is 0 Å². The number of hydrogen-bond acceptors (Lipinski definition) is 2. The number of nitrogens with zero attached hydrogens (tertiary/aromatic N) is 1. The molecule has 2 atom stereocenters. The van der Waals surface area contributed by atoms with E-state index in [2.05, 4.69) is 64.7 Å². The minimum atomic E-state index is 0.370. The van der Waals surface area contributed by atoms with Crippen LogP contribution in [0.15, 0.2) is 48.7 Å². The monoisotopic (exact) mass is 277 g/mol. The van der Waals surface area contributed by atoms with E-state index in [-0.39, 0.29) is 0 Å². The predicted octanol–water partition coefficient (Wildman–Crippen LogP) is 3.90. The van der Waals surface area contributed by atoms with Crippen molar-refractivity contribution in [1.29, 1.82) is 0 Å². The highest BCUT2D eigenvalue weighted by atomic mass is 15.0. The van der Waals surface area contributed by atoms with Gasteiger partial charge in [0.05, 0.1) is 17.9 Å². The number of H-pyrrole nitrogens is 1. The van der Waals surface area contributed by atoms with E-state index < -0.39 is 0 Å². The number of aromatic amines is 1. The Morgan fingerprint density at radius 1 is 1.10 bits per heavy atom. The van der Waals surface area contributed by atoms with Crippen LogP contribution in [0.3, 0.4) is 0 Å². The first kappa shape index (κ1) is 12.6. The third kappa shape index (κ3) is 2.34. The fourth-order valence-electron chi connectivity index (χ4n) is 3.14. The zero-order chi connectivity index (χ0) is 14.2. The molecule has 0 amide bonds. The summed E-state index contributed by atoms with van der Waals surface area (Å²) in [4.78, 5) is 8.05. The number of aromatic nitrogens is 2. The summed E-state index contributed by atoms with van der Waals surface area (Å²) in [6.07, 6.45) is 3.11. The van der Waals surface area contributed by atoms with E-state index in [1.165, 1.54) is 16.3 Å². The zero-order valence-electron chi connectivity index (χ0n) is 12.1. The molecule has 3 heteroatoms. The molecule has 0 bridgehead atoms. The number of imidazole rings is 1. The van der Waals surface area contributed by atoms with Crippen LogP contribution in [-0.2, 0) is 0 Å². The van der Waals surface area contributed by atoms with E-state index in [1.54, 1.807) is 0 Å². The van der Waals surface area contributed by atoms with Crippen molar-refractivity contribution in [2.45, 2.75) is 19.4 Å². The van der Waals surface area contributed by atoms with Gasteiger partial charge in [0, 0.05) is 5.56 Å². The number of fused-ring (bicyclic) bond motifs is 1. The first-order valence-electron chi connectivity index (χ1n) is 7.57. The van der Waals surface area contributed by atoms with Crippen molar-refractivity contribution in [2.24, 2.45) is 5.92 Å². The van der Waals surface area contributed by atoms with Gasteiger partial charge in [-0.1, -0.05) is 43.3 Å². The second-order valence-corrected chi connectivity index (χ2v) is 6.05. The maximum Gasteiger partial charge on any atom is 0.123 e. The highest BCUT2D eigenvalue weighted by Gasteiger charge is 2.24. The normalized spacial score (nSPS) is 22.0. The SMILES string of the molecule is C[C@@H]1CN[C@H](c2ncc(-c3ccc4ccccc4c3)[nH]2)C1. The van der Waals surface area contributed by atoms with Crippen LogP contribution < -0.4 is 5.32 Å². The van der Waals surface area contributed by atoms with Gasteiger partial charge >= 0.3 is 0 Å². The van der Waals surface area contributed by atoms with Crippen LogP contribution in [0.5, 0.6) is 0 Å². The van der Waals surface area contributed by atoms with E-state index >= 15 is 0 Å². The Labute approximate surface area is 124 Å². The molecule has 1 aliphatic rings. The predicted molar refractivity (Wildman–Crippen MR) is 86.1 cm³/mol. The molecule has 106 valence electrons. The summed E-state index contributed by atoms with van der Waals surface area (Å²) in [5.41, 5.74) is 2.29. The lowest BCUT2D eigenvalue weighted by atomic mass is 10.1. The van der Waals surface area contributed by atoms with Crippen LogP contribution in [0, 0.1) is 5.92 Å². The number of rotatable bonds is 2.